The van der Waals surface area contributed by atoms with Crippen LogP contribution in [0.25, 0.3) is 0 Å². The molecule has 246 valence electrons. The number of ether oxygens (including phenoxy) is 1. The summed E-state index contributed by atoms with van der Waals surface area (Å²) in [7, 11) is 0. The smallest absolute Gasteiger partial charge is 0.251 e. The number of hydrogen-bond donors (Lipinski definition) is 1. The van der Waals surface area contributed by atoms with E-state index in [1.165, 1.54) is 0 Å². The summed E-state index contributed by atoms with van der Waals surface area (Å²) in [4.78, 5) is 49.3. The summed E-state index contributed by atoms with van der Waals surface area (Å²) < 4.78 is 4.31. The second kappa shape index (κ2) is 14.2. The number of amides is 3. The highest BCUT2D eigenvalue weighted by Crippen LogP contribution is 2.71. The number of likely N-dealkylation sites (tertiary alicyclic amines) is 1. The summed E-state index contributed by atoms with van der Waals surface area (Å²) in [5.74, 6) is -1.09. The van der Waals surface area contributed by atoms with Gasteiger partial charge in [0.25, 0.3) is 5.91 Å². The molecule has 0 aromatic heterocycles. The molecule has 3 amide bonds. The molecule has 3 aliphatic rings. The lowest BCUT2D eigenvalue weighted by Crippen LogP contribution is -2.55. The van der Waals surface area contributed by atoms with Gasteiger partial charge in [0.05, 0.1) is 33.9 Å². The first kappa shape index (κ1) is 34.1. The number of halogens is 1. The van der Waals surface area contributed by atoms with E-state index in [0.29, 0.717) is 61.0 Å². The molecule has 3 saturated heterocycles. The number of hydrogen-bond acceptors (Lipinski definition) is 6. The topological polar surface area (TPSA) is 90.4 Å². The summed E-state index contributed by atoms with van der Waals surface area (Å²) >= 11 is 8.26. The number of aliphatic hydroxyl groups is 1. The molecule has 1 spiro atoms. The van der Waals surface area contributed by atoms with Crippen LogP contribution in [-0.4, -0.2) is 76.1 Å². The van der Waals surface area contributed by atoms with Crippen molar-refractivity contribution >= 4 is 52.5 Å². The van der Waals surface area contributed by atoms with Gasteiger partial charge in [0.1, 0.15) is 11.8 Å². The highest BCUT2D eigenvalue weighted by molar-refractivity contribution is 8.02. The van der Waals surface area contributed by atoms with E-state index >= 15 is 0 Å². The summed E-state index contributed by atoms with van der Waals surface area (Å²) in [6.45, 7) is 13.3. The minimum atomic E-state index is -0.779. The normalized spacial score (nSPS) is 26.1. The van der Waals surface area contributed by atoms with Crippen LogP contribution in [0.5, 0.6) is 5.75 Å². The standard InChI is InChI=1S/C36H44ClN3O5S/c1-5-21-38(25-15-17-26(18-16-25)45-7-3)32(42)29-30-33(43)40(23-11-8-12-24-41)31(36(30)20-19-35(29,4)46-36)34(44)39(22-6-2)28-14-10-9-13-27(28)37/h5-6,9-10,13-18,29-31,41H,1-2,7-8,11-12,19-24H2,3-4H3/t29-,30-,31?,35+,36?/m0/s1. The molecule has 10 heteroatoms. The molecule has 0 radical (unpaired) electrons. The minimum Gasteiger partial charge on any atom is -0.494 e. The molecule has 2 bridgehead atoms. The van der Waals surface area contributed by atoms with E-state index in [9.17, 15) is 19.5 Å². The maximum atomic E-state index is 14.8. The first-order chi connectivity index (χ1) is 22.2. The van der Waals surface area contributed by atoms with Crippen molar-refractivity contribution in [2.45, 2.75) is 61.5 Å². The largest absolute Gasteiger partial charge is 0.494 e. The molecule has 46 heavy (non-hydrogen) atoms. The predicted octanol–water partition coefficient (Wildman–Crippen LogP) is 6.12. The van der Waals surface area contributed by atoms with Crippen LogP contribution in [0, 0.1) is 11.8 Å². The molecule has 2 aromatic carbocycles. The Kier molecular flexibility index (Phi) is 10.5. The third kappa shape index (κ3) is 5.98. The zero-order chi connectivity index (χ0) is 33.1. The minimum absolute atomic E-state index is 0.0674. The van der Waals surface area contributed by atoms with E-state index in [0.717, 1.165) is 6.42 Å². The quantitative estimate of drug-likeness (QED) is 0.182. The predicted molar refractivity (Wildman–Crippen MR) is 186 cm³/mol. The first-order valence-electron chi connectivity index (χ1n) is 16.1. The van der Waals surface area contributed by atoms with Gasteiger partial charge in [0, 0.05) is 36.7 Å². The number of thioether (sulfide) groups is 1. The van der Waals surface area contributed by atoms with Crippen LogP contribution in [0.4, 0.5) is 11.4 Å². The molecular formula is C36H44ClN3O5S. The van der Waals surface area contributed by atoms with Crippen molar-refractivity contribution in [1.82, 2.24) is 4.90 Å². The Balaban J connectivity index is 1.56. The number of unbranched alkanes of at least 4 members (excludes halogenated alkanes) is 2. The Labute approximate surface area is 281 Å². The molecule has 5 atom stereocenters. The van der Waals surface area contributed by atoms with E-state index in [1.54, 1.807) is 50.7 Å². The van der Waals surface area contributed by atoms with Crippen LogP contribution in [0.1, 0.15) is 46.0 Å². The average molecular weight is 666 g/mol. The van der Waals surface area contributed by atoms with E-state index in [-0.39, 0.29) is 37.4 Å². The zero-order valence-electron chi connectivity index (χ0n) is 26.7. The van der Waals surface area contributed by atoms with Gasteiger partial charge >= 0.3 is 0 Å². The number of rotatable bonds is 15. The Hall–Kier alpha value is -3.27. The molecule has 3 heterocycles. The fourth-order valence-electron chi connectivity index (χ4n) is 7.66. The highest BCUT2D eigenvalue weighted by atomic mass is 35.5. The Bertz CT molecular complexity index is 1470. The van der Waals surface area contributed by atoms with Crippen molar-refractivity contribution in [3.05, 3.63) is 78.9 Å². The van der Waals surface area contributed by atoms with Gasteiger partial charge in [-0.1, -0.05) is 35.9 Å². The van der Waals surface area contributed by atoms with Gasteiger partial charge in [-0.05, 0) is 82.3 Å². The lowest BCUT2D eigenvalue weighted by Gasteiger charge is -2.38. The second-order valence-corrected chi connectivity index (χ2v) is 14.7. The maximum Gasteiger partial charge on any atom is 0.251 e. The first-order valence-corrected chi connectivity index (χ1v) is 17.3. The van der Waals surface area contributed by atoms with Crippen LogP contribution in [0.2, 0.25) is 5.02 Å². The van der Waals surface area contributed by atoms with Gasteiger partial charge < -0.3 is 24.5 Å². The van der Waals surface area contributed by atoms with Crippen molar-refractivity contribution in [2.75, 3.05) is 42.6 Å². The van der Waals surface area contributed by atoms with E-state index < -0.39 is 27.4 Å². The van der Waals surface area contributed by atoms with E-state index in [1.807, 2.05) is 43.3 Å². The lowest BCUT2D eigenvalue weighted by molar-refractivity contribution is -0.139. The van der Waals surface area contributed by atoms with Gasteiger partial charge in [-0.25, -0.2) is 0 Å². The zero-order valence-corrected chi connectivity index (χ0v) is 28.3. The van der Waals surface area contributed by atoms with Crippen molar-refractivity contribution in [3.8, 4) is 5.75 Å². The molecule has 1 N–H and O–H groups in total. The van der Waals surface area contributed by atoms with Crippen LogP contribution >= 0.6 is 23.4 Å². The number of fused-ring (bicyclic) bond motifs is 1. The van der Waals surface area contributed by atoms with Crippen LogP contribution < -0.4 is 14.5 Å². The SMILES string of the molecule is C=CCN(C(=O)[C@@H]1[C@H]2C(=O)N(CCCCCO)C(C(=O)N(CC=C)c3ccccc3Cl)C23CC[C@@]1(C)S3)c1ccc(OCC)cc1. The number of benzene rings is 2. The van der Waals surface area contributed by atoms with Crippen molar-refractivity contribution in [3.63, 3.8) is 0 Å². The number of anilines is 2. The Morgan fingerprint density at radius 3 is 2.39 bits per heavy atom. The van der Waals surface area contributed by atoms with Gasteiger partial charge in [-0.3, -0.25) is 14.4 Å². The Morgan fingerprint density at radius 1 is 1.04 bits per heavy atom. The van der Waals surface area contributed by atoms with E-state index in [4.69, 9.17) is 16.3 Å². The third-order valence-corrected chi connectivity index (χ3v) is 11.9. The summed E-state index contributed by atoms with van der Waals surface area (Å²) in [5.41, 5.74) is 1.26. The lowest BCUT2D eigenvalue weighted by atomic mass is 9.66. The summed E-state index contributed by atoms with van der Waals surface area (Å²) in [6.07, 6.45) is 6.69. The van der Waals surface area contributed by atoms with E-state index in [2.05, 4.69) is 20.1 Å². The third-order valence-electron chi connectivity index (χ3n) is 9.59. The summed E-state index contributed by atoms with van der Waals surface area (Å²) in [6, 6.07) is 13.8. The van der Waals surface area contributed by atoms with Crippen LogP contribution in [0.3, 0.4) is 0 Å². The molecule has 2 aromatic rings. The summed E-state index contributed by atoms with van der Waals surface area (Å²) in [5, 5.41) is 9.82. The van der Waals surface area contributed by atoms with Gasteiger partial charge in [0.15, 0.2) is 0 Å². The number of carbonyl (C=O) groups is 3. The Morgan fingerprint density at radius 2 is 1.74 bits per heavy atom. The molecule has 0 saturated carbocycles. The molecule has 3 fully saturated rings. The maximum absolute atomic E-state index is 14.8. The fraction of sp³-hybridized carbons (Fsp3) is 0.472. The molecule has 2 unspecified atom stereocenters. The molecule has 3 aliphatic heterocycles. The second-order valence-electron chi connectivity index (χ2n) is 12.4. The van der Waals surface area contributed by atoms with Crippen LogP contribution in [0.15, 0.2) is 73.8 Å². The van der Waals surface area contributed by atoms with Crippen molar-refractivity contribution in [1.29, 1.82) is 0 Å². The number of aliphatic hydroxyl groups excluding tert-OH is 1. The van der Waals surface area contributed by atoms with Gasteiger partial charge in [-0.15, -0.1) is 24.9 Å². The van der Waals surface area contributed by atoms with Gasteiger partial charge in [0.2, 0.25) is 11.8 Å². The van der Waals surface area contributed by atoms with Crippen molar-refractivity contribution < 1.29 is 24.2 Å². The number of para-hydroxylation sites is 1. The molecule has 8 nitrogen and oxygen atoms in total. The molecule has 5 rings (SSSR count). The van der Waals surface area contributed by atoms with Crippen molar-refractivity contribution in [2.24, 2.45) is 11.8 Å². The number of carbonyl (C=O) groups excluding carboxylic acids is 3. The monoisotopic (exact) mass is 665 g/mol. The molecule has 0 aliphatic carbocycles. The van der Waals surface area contributed by atoms with Crippen LogP contribution in [-0.2, 0) is 14.4 Å². The van der Waals surface area contributed by atoms with Gasteiger partial charge in [-0.2, -0.15) is 0 Å². The fourth-order valence-corrected chi connectivity index (χ4v) is 10.2. The average Bonchev–Trinajstić information content (AvgIpc) is 3.61. The molecular weight excluding hydrogens is 622 g/mol. The highest BCUT2D eigenvalue weighted by Gasteiger charge is 2.77. The number of nitrogens with zero attached hydrogens (tertiary/aromatic N) is 3.